The monoisotopic (exact) mass is 606 g/mol. The van der Waals surface area contributed by atoms with Gasteiger partial charge >= 0.3 is 0 Å². The predicted molar refractivity (Wildman–Crippen MR) is 175 cm³/mol. The summed E-state index contributed by atoms with van der Waals surface area (Å²) in [6, 6.07) is 10.5. The molecule has 0 saturated carbocycles. The minimum atomic E-state index is -0.352. The first-order valence-electron chi connectivity index (χ1n) is 14.7. The second-order valence-corrected chi connectivity index (χ2v) is 12.5. The fraction of sp³-hybridized carbons (Fsp3) is 0.273. The first-order chi connectivity index (χ1) is 21.5. The summed E-state index contributed by atoms with van der Waals surface area (Å²) in [5.41, 5.74) is 7.11. The number of fused-ring (bicyclic) bond motifs is 2. The molecule has 0 aliphatic rings. The molecule has 45 heavy (non-hydrogen) atoms. The highest BCUT2D eigenvalue weighted by Gasteiger charge is 2.19. The number of pyridine rings is 3. The van der Waals surface area contributed by atoms with Crippen molar-refractivity contribution in [3.05, 3.63) is 67.0 Å². The zero-order valence-electron chi connectivity index (χ0n) is 25.9. The molecular weight excluding hydrogens is 571 g/mol. The van der Waals surface area contributed by atoms with Crippen molar-refractivity contribution < 1.29 is 9.18 Å². The van der Waals surface area contributed by atoms with Crippen LogP contribution >= 0.6 is 0 Å². The van der Waals surface area contributed by atoms with Crippen molar-refractivity contribution in [2.24, 2.45) is 5.41 Å². The third-order valence-corrected chi connectivity index (χ3v) is 7.13. The number of aromatic nitrogens is 7. The van der Waals surface area contributed by atoms with Gasteiger partial charge in [0.05, 0.1) is 40.3 Å². The zero-order valence-corrected chi connectivity index (χ0v) is 25.9. The number of likely N-dealkylation sites (N-methyl/N-ethyl adjacent to an activating group) is 1. The molecule has 1 aromatic carbocycles. The van der Waals surface area contributed by atoms with Crippen molar-refractivity contribution >= 4 is 39.3 Å². The third kappa shape index (κ3) is 6.80. The first kappa shape index (κ1) is 29.8. The molecule has 0 aliphatic carbocycles. The smallest absolute Gasteiger partial charge is 0.224 e. The lowest BCUT2D eigenvalue weighted by atomic mass is 9.92. The quantitative estimate of drug-likeness (QED) is 0.155. The van der Waals surface area contributed by atoms with Crippen LogP contribution < -0.4 is 10.6 Å². The zero-order chi connectivity index (χ0) is 31.7. The minimum Gasteiger partial charge on any atom is -0.384 e. The number of halogens is 1. The van der Waals surface area contributed by atoms with E-state index in [1.54, 1.807) is 24.8 Å². The van der Waals surface area contributed by atoms with Crippen LogP contribution in [0, 0.1) is 11.2 Å². The van der Waals surface area contributed by atoms with Crippen molar-refractivity contribution in [3.63, 3.8) is 0 Å². The number of nitrogens with one attached hydrogen (secondary N) is 4. The van der Waals surface area contributed by atoms with Gasteiger partial charge in [-0.3, -0.25) is 19.9 Å². The number of carbonyl (C=O) groups is 1. The van der Waals surface area contributed by atoms with Crippen molar-refractivity contribution in [2.75, 3.05) is 37.8 Å². The lowest BCUT2D eigenvalue weighted by Gasteiger charge is -2.17. The Morgan fingerprint density at radius 3 is 2.51 bits per heavy atom. The molecule has 6 rings (SSSR count). The average Bonchev–Trinajstić information content (AvgIpc) is 3.59. The molecule has 0 spiro atoms. The van der Waals surface area contributed by atoms with E-state index in [4.69, 9.17) is 9.97 Å². The Bertz CT molecular complexity index is 2010. The Labute approximate surface area is 259 Å². The lowest BCUT2D eigenvalue weighted by Crippen LogP contribution is -2.20. The van der Waals surface area contributed by atoms with Gasteiger partial charge in [0.2, 0.25) is 5.91 Å². The van der Waals surface area contributed by atoms with Crippen LogP contribution in [0.15, 0.2) is 61.2 Å². The van der Waals surface area contributed by atoms with Crippen molar-refractivity contribution in [1.82, 2.24) is 40.0 Å². The fourth-order valence-electron chi connectivity index (χ4n) is 5.09. The number of amides is 1. The molecule has 11 nitrogen and oxygen atoms in total. The molecular formula is C33H35FN10O. The van der Waals surface area contributed by atoms with E-state index in [0.717, 1.165) is 17.6 Å². The standard InChI is InChI=1S/C33H35FN10O/c1-33(2,3)14-28(45)38-23-12-20(15-35-16-23)25-6-7-26-30(39-25)31(43-42-26)32-40-27-18-36-17-24(29(27)41-32)19-10-21(34)13-22(11-19)37-8-9-44(4)5/h6-7,10-13,15-18,37H,8-9,14H2,1-5H3,(H,38,45)(H,40,41)(H,42,43). The Morgan fingerprint density at radius 2 is 1.71 bits per heavy atom. The molecule has 0 fully saturated rings. The number of hydrogen-bond donors (Lipinski definition) is 4. The fourth-order valence-corrected chi connectivity index (χ4v) is 5.09. The summed E-state index contributed by atoms with van der Waals surface area (Å²) in [6.07, 6.45) is 7.08. The van der Waals surface area contributed by atoms with Crippen LogP contribution in [0.2, 0.25) is 0 Å². The molecule has 0 bridgehead atoms. The molecule has 4 N–H and O–H groups in total. The normalized spacial score (nSPS) is 11.9. The molecule has 0 atom stereocenters. The number of anilines is 2. The van der Waals surface area contributed by atoms with Gasteiger partial charge in [-0.1, -0.05) is 20.8 Å². The maximum Gasteiger partial charge on any atom is 0.224 e. The number of rotatable bonds is 9. The van der Waals surface area contributed by atoms with E-state index < -0.39 is 0 Å². The second-order valence-electron chi connectivity index (χ2n) is 12.5. The molecule has 0 unspecified atom stereocenters. The van der Waals surface area contributed by atoms with E-state index in [2.05, 4.69) is 40.7 Å². The summed E-state index contributed by atoms with van der Waals surface area (Å²) < 4.78 is 14.7. The third-order valence-electron chi connectivity index (χ3n) is 7.13. The van der Waals surface area contributed by atoms with Gasteiger partial charge in [0.1, 0.15) is 11.3 Å². The summed E-state index contributed by atoms with van der Waals surface area (Å²) in [5, 5.41) is 13.8. The summed E-state index contributed by atoms with van der Waals surface area (Å²) in [6.45, 7) is 7.55. The van der Waals surface area contributed by atoms with Crippen LogP contribution in [0.5, 0.6) is 0 Å². The predicted octanol–water partition coefficient (Wildman–Crippen LogP) is 6.11. The van der Waals surface area contributed by atoms with Crippen molar-refractivity contribution in [1.29, 1.82) is 0 Å². The SMILES string of the molecule is CN(C)CCNc1cc(F)cc(-c2cncc3[nH]c(-c4n[nH]c5ccc(-c6cncc(NC(=O)CC(C)(C)C)c6)nc45)nc23)c1. The second kappa shape index (κ2) is 12.0. The first-order valence-corrected chi connectivity index (χ1v) is 14.7. The van der Waals surface area contributed by atoms with Crippen LogP contribution in [0.1, 0.15) is 27.2 Å². The van der Waals surface area contributed by atoms with Gasteiger partial charge in [-0.15, -0.1) is 0 Å². The van der Waals surface area contributed by atoms with Crippen molar-refractivity contribution in [2.45, 2.75) is 27.2 Å². The average molecular weight is 607 g/mol. The van der Waals surface area contributed by atoms with Crippen molar-refractivity contribution in [3.8, 4) is 33.9 Å². The number of aromatic amines is 2. The molecule has 6 aromatic rings. The molecule has 12 heteroatoms. The number of H-pyrrole nitrogens is 2. The van der Waals surface area contributed by atoms with E-state index in [9.17, 15) is 9.18 Å². The van der Waals surface area contributed by atoms with Gasteiger partial charge in [0.15, 0.2) is 11.5 Å². The van der Waals surface area contributed by atoms with E-state index in [1.807, 2.05) is 59.1 Å². The number of benzene rings is 1. The highest BCUT2D eigenvalue weighted by Crippen LogP contribution is 2.33. The van der Waals surface area contributed by atoms with Crippen LogP contribution in [-0.4, -0.2) is 73.1 Å². The van der Waals surface area contributed by atoms with Gasteiger partial charge in [-0.2, -0.15) is 5.10 Å². The Balaban J connectivity index is 1.33. The van der Waals surface area contributed by atoms with Crippen LogP contribution in [0.25, 0.3) is 56.0 Å². The molecule has 0 radical (unpaired) electrons. The van der Waals surface area contributed by atoms with Gasteiger partial charge in [-0.25, -0.2) is 14.4 Å². The largest absolute Gasteiger partial charge is 0.384 e. The minimum absolute atomic E-state index is 0.0734. The number of hydrogen-bond acceptors (Lipinski definition) is 8. The lowest BCUT2D eigenvalue weighted by molar-refractivity contribution is -0.117. The summed E-state index contributed by atoms with van der Waals surface area (Å²) in [7, 11) is 3.98. The van der Waals surface area contributed by atoms with Gasteiger partial charge < -0.3 is 20.5 Å². The Morgan fingerprint density at radius 1 is 0.911 bits per heavy atom. The molecule has 0 aliphatic heterocycles. The molecule has 5 aromatic heterocycles. The van der Waals surface area contributed by atoms with Crippen LogP contribution in [0.4, 0.5) is 15.8 Å². The number of imidazole rings is 1. The molecule has 0 saturated heterocycles. The van der Waals surface area contributed by atoms with E-state index in [-0.39, 0.29) is 17.1 Å². The van der Waals surface area contributed by atoms with E-state index in [1.165, 1.54) is 12.1 Å². The van der Waals surface area contributed by atoms with E-state index >= 15 is 0 Å². The Kier molecular flexibility index (Phi) is 7.98. The maximum absolute atomic E-state index is 14.7. The van der Waals surface area contributed by atoms with Crippen LogP contribution in [-0.2, 0) is 4.79 Å². The van der Waals surface area contributed by atoms with Gasteiger partial charge in [-0.05, 0) is 61.5 Å². The maximum atomic E-state index is 14.7. The van der Waals surface area contributed by atoms with Gasteiger partial charge in [0.25, 0.3) is 0 Å². The Hall–Kier alpha value is -5.23. The molecule has 230 valence electrons. The summed E-state index contributed by atoms with van der Waals surface area (Å²) in [4.78, 5) is 36.4. The van der Waals surface area contributed by atoms with E-state index in [0.29, 0.717) is 69.2 Å². The van der Waals surface area contributed by atoms with Gasteiger partial charge in [0, 0.05) is 48.7 Å². The summed E-state index contributed by atoms with van der Waals surface area (Å²) >= 11 is 0. The highest BCUT2D eigenvalue weighted by atomic mass is 19.1. The highest BCUT2D eigenvalue weighted by molar-refractivity contribution is 5.96. The number of nitrogens with zero attached hydrogens (tertiary/aromatic N) is 6. The van der Waals surface area contributed by atoms with Crippen LogP contribution in [0.3, 0.4) is 0 Å². The molecule has 1 amide bonds. The molecule has 5 heterocycles. The number of carbonyl (C=O) groups excluding carboxylic acids is 1. The summed E-state index contributed by atoms with van der Waals surface area (Å²) in [5.74, 6) is 0.0722. The topological polar surface area (TPSA) is 140 Å².